The third-order valence-electron chi connectivity index (χ3n) is 5.90. The van der Waals surface area contributed by atoms with Crippen LogP contribution in [0.1, 0.15) is 15.9 Å². The molecule has 0 spiro atoms. The molecule has 10 nitrogen and oxygen atoms in total. The van der Waals surface area contributed by atoms with Gasteiger partial charge in [0.15, 0.2) is 0 Å². The highest BCUT2D eigenvalue weighted by Gasteiger charge is 2.14. The molecule has 0 amide bonds. The van der Waals surface area contributed by atoms with E-state index < -0.39 is 5.97 Å². The lowest BCUT2D eigenvalue weighted by Crippen LogP contribution is -2.43. The number of piperazine rings is 1. The predicted molar refractivity (Wildman–Crippen MR) is 144 cm³/mol. The maximum absolute atomic E-state index is 11.2. The molecule has 1 saturated heterocycles. The summed E-state index contributed by atoms with van der Waals surface area (Å²) in [4.78, 5) is 31.2. The summed E-state index contributed by atoms with van der Waals surface area (Å²) in [5.74, 6) is 1.08. The zero-order valence-corrected chi connectivity index (χ0v) is 20.1. The maximum atomic E-state index is 11.2. The van der Waals surface area contributed by atoms with Gasteiger partial charge >= 0.3 is 5.97 Å². The number of aromatic nitrogens is 4. The van der Waals surface area contributed by atoms with Crippen molar-refractivity contribution in [3.63, 3.8) is 0 Å². The number of carboxylic acids is 1. The predicted octanol–water partition coefficient (Wildman–Crippen LogP) is 3.87. The van der Waals surface area contributed by atoms with Gasteiger partial charge in [-0.2, -0.15) is 0 Å². The number of carboxylic acid groups (broad SMARTS) is 1. The summed E-state index contributed by atoms with van der Waals surface area (Å²) >= 11 is 0. The third kappa shape index (κ3) is 5.88. The fraction of sp³-hybridized carbons (Fsp3) is 0.148. The lowest BCUT2D eigenvalue weighted by molar-refractivity contribution is 0.0697. The monoisotopic (exact) mass is 494 g/mol. The van der Waals surface area contributed by atoms with E-state index in [2.05, 4.69) is 42.4 Å². The standard InChI is InChI=1S/C27H26N8O2/c1-18(19-2-4-20(5-3-19)27(36)37)32-22-15-23(33-24(16-22)34-25-17-29-8-9-30-25)21-6-7-31-26(14-21)35-12-10-28-11-13-35/h2-9,14-17,28H,1,10-13H2,(H,36,37)(H2,30,32,33,34). The Bertz CT molecular complexity index is 1400. The molecule has 1 fully saturated rings. The van der Waals surface area contributed by atoms with Crippen LogP contribution in [0.15, 0.2) is 79.9 Å². The SMILES string of the molecule is C=C(Nc1cc(Nc2cnccn2)nc(-c2ccnc(N3CCNCC3)c2)c1)c1ccc(C(=O)O)cc1. The van der Waals surface area contributed by atoms with Crippen LogP contribution in [0.2, 0.25) is 0 Å². The molecule has 4 aromatic rings. The first-order chi connectivity index (χ1) is 18.0. The lowest BCUT2D eigenvalue weighted by Gasteiger charge is -2.28. The maximum Gasteiger partial charge on any atom is 0.335 e. The fourth-order valence-electron chi connectivity index (χ4n) is 4.01. The minimum atomic E-state index is -0.971. The molecule has 0 aliphatic carbocycles. The highest BCUT2D eigenvalue weighted by atomic mass is 16.4. The van der Waals surface area contributed by atoms with Gasteiger partial charge in [0.1, 0.15) is 17.5 Å². The topological polar surface area (TPSA) is 128 Å². The van der Waals surface area contributed by atoms with E-state index in [1.54, 1.807) is 49.1 Å². The summed E-state index contributed by atoms with van der Waals surface area (Å²) in [6.07, 6.45) is 6.64. The number of hydrogen-bond acceptors (Lipinski definition) is 9. The highest BCUT2D eigenvalue weighted by Crippen LogP contribution is 2.29. The first-order valence-corrected chi connectivity index (χ1v) is 11.8. The van der Waals surface area contributed by atoms with Crippen molar-refractivity contribution < 1.29 is 9.90 Å². The Morgan fingerprint density at radius 3 is 2.46 bits per heavy atom. The molecule has 0 saturated carbocycles. The molecule has 1 aromatic carbocycles. The molecule has 10 heteroatoms. The minimum absolute atomic E-state index is 0.219. The second kappa shape index (κ2) is 10.8. The number of rotatable bonds is 8. The smallest absolute Gasteiger partial charge is 0.335 e. The Balaban J connectivity index is 1.46. The third-order valence-corrected chi connectivity index (χ3v) is 5.90. The number of nitrogens with one attached hydrogen (secondary N) is 3. The van der Waals surface area contributed by atoms with Crippen molar-refractivity contribution in [1.29, 1.82) is 0 Å². The Morgan fingerprint density at radius 2 is 1.73 bits per heavy atom. The van der Waals surface area contributed by atoms with Gasteiger partial charge in [0.2, 0.25) is 0 Å². The van der Waals surface area contributed by atoms with Crippen LogP contribution in [0.5, 0.6) is 0 Å². The zero-order valence-electron chi connectivity index (χ0n) is 20.1. The number of nitrogens with zero attached hydrogens (tertiary/aromatic N) is 5. The van der Waals surface area contributed by atoms with Gasteiger partial charge in [-0.3, -0.25) is 4.98 Å². The molecule has 3 aromatic heterocycles. The number of aromatic carboxylic acids is 1. The Morgan fingerprint density at radius 1 is 0.946 bits per heavy atom. The van der Waals surface area contributed by atoms with Crippen LogP contribution in [0.4, 0.5) is 23.1 Å². The van der Waals surface area contributed by atoms with Crippen molar-refractivity contribution in [2.75, 3.05) is 41.7 Å². The van der Waals surface area contributed by atoms with E-state index in [-0.39, 0.29) is 5.56 Å². The number of pyridine rings is 2. The van der Waals surface area contributed by atoms with E-state index >= 15 is 0 Å². The quantitative estimate of drug-likeness (QED) is 0.287. The van der Waals surface area contributed by atoms with Crippen molar-refractivity contribution in [1.82, 2.24) is 25.3 Å². The number of carbonyl (C=O) groups is 1. The van der Waals surface area contributed by atoms with Crippen molar-refractivity contribution in [2.45, 2.75) is 0 Å². The molecule has 4 N–H and O–H groups in total. The number of hydrogen-bond donors (Lipinski definition) is 4. The van der Waals surface area contributed by atoms with Crippen LogP contribution < -0.4 is 20.9 Å². The molecule has 37 heavy (non-hydrogen) atoms. The molecule has 0 bridgehead atoms. The van der Waals surface area contributed by atoms with Gasteiger partial charge in [0.25, 0.3) is 0 Å². The first-order valence-electron chi connectivity index (χ1n) is 11.8. The molecule has 4 heterocycles. The van der Waals surface area contributed by atoms with Crippen LogP contribution in [0.25, 0.3) is 17.0 Å². The van der Waals surface area contributed by atoms with Crippen molar-refractivity contribution in [2.24, 2.45) is 0 Å². The second-order valence-electron chi connectivity index (χ2n) is 8.47. The zero-order chi connectivity index (χ0) is 25.6. The Hall–Kier alpha value is -4.83. The molecular formula is C27H26N8O2. The molecule has 0 atom stereocenters. The summed E-state index contributed by atoms with van der Waals surface area (Å²) in [5, 5.41) is 19.1. The Kier molecular flexibility index (Phi) is 7.00. The van der Waals surface area contributed by atoms with Gasteiger partial charge < -0.3 is 26.0 Å². The molecular weight excluding hydrogens is 468 g/mol. The van der Waals surface area contributed by atoms with Gasteiger partial charge in [-0.1, -0.05) is 18.7 Å². The van der Waals surface area contributed by atoms with Crippen LogP contribution in [0.3, 0.4) is 0 Å². The molecule has 0 radical (unpaired) electrons. The van der Waals surface area contributed by atoms with Gasteiger partial charge in [0.05, 0.1) is 17.5 Å². The van der Waals surface area contributed by atoms with Crippen LogP contribution in [-0.2, 0) is 0 Å². The Labute approximate surface area is 214 Å². The number of anilines is 4. The van der Waals surface area contributed by atoms with Crippen molar-refractivity contribution in [3.05, 3.63) is 91.0 Å². The summed E-state index contributed by atoms with van der Waals surface area (Å²) in [7, 11) is 0. The van der Waals surface area contributed by atoms with E-state index in [1.807, 2.05) is 24.3 Å². The van der Waals surface area contributed by atoms with E-state index in [4.69, 9.17) is 4.98 Å². The molecule has 186 valence electrons. The largest absolute Gasteiger partial charge is 0.478 e. The van der Waals surface area contributed by atoms with Crippen molar-refractivity contribution in [3.8, 4) is 11.3 Å². The molecule has 5 rings (SSSR count). The van der Waals surface area contributed by atoms with Crippen LogP contribution >= 0.6 is 0 Å². The highest BCUT2D eigenvalue weighted by molar-refractivity contribution is 5.88. The lowest BCUT2D eigenvalue weighted by atomic mass is 10.1. The fourth-order valence-corrected chi connectivity index (χ4v) is 4.01. The van der Waals surface area contributed by atoms with Crippen LogP contribution in [-0.4, -0.2) is 57.2 Å². The average Bonchev–Trinajstić information content (AvgIpc) is 2.94. The van der Waals surface area contributed by atoms with Crippen LogP contribution in [0, 0.1) is 0 Å². The van der Waals surface area contributed by atoms with E-state index in [9.17, 15) is 9.90 Å². The summed E-state index contributed by atoms with van der Waals surface area (Å²) < 4.78 is 0. The van der Waals surface area contributed by atoms with E-state index in [1.165, 1.54) is 0 Å². The van der Waals surface area contributed by atoms with E-state index in [0.717, 1.165) is 54.5 Å². The molecule has 0 unspecified atom stereocenters. The minimum Gasteiger partial charge on any atom is -0.478 e. The van der Waals surface area contributed by atoms with E-state index in [0.29, 0.717) is 17.3 Å². The summed E-state index contributed by atoms with van der Waals surface area (Å²) in [6.45, 7) is 7.77. The summed E-state index contributed by atoms with van der Waals surface area (Å²) in [6, 6.07) is 14.3. The van der Waals surface area contributed by atoms with Gasteiger partial charge in [-0.05, 0) is 35.9 Å². The normalized spacial score (nSPS) is 13.1. The second-order valence-corrected chi connectivity index (χ2v) is 8.47. The number of benzene rings is 1. The van der Waals surface area contributed by atoms with Crippen molar-refractivity contribution >= 4 is 34.8 Å². The van der Waals surface area contributed by atoms with Gasteiger partial charge in [0, 0.05) is 67.8 Å². The summed E-state index contributed by atoms with van der Waals surface area (Å²) in [5.41, 5.74) is 4.03. The molecule has 1 aliphatic rings. The first kappa shape index (κ1) is 23.9. The molecule has 1 aliphatic heterocycles. The average molecular weight is 495 g/mol. The van der Waals surface area contributed by atoms with Gasteiger partial charge in [-0.15, -0.1) is 0 Å². The van der Waals surface area contributed by atoms with Gasteiger partial charge in [-0.25, -0.2) is 19.7 Å².